The third-order valence-corrected chi connectivity index (χ3v) is 3.63. The molecule has 1 aromatic rings. The van der Waals surface area contributed by atoms with Crippen molar-refractivity contribution in [1.82, 2.24) is 4.90 Å². The fourth-order valence-corrected chi connectivity index (χ4v) is 3.00. The minimum Gasteiger partial charge on any atom is -0.370 e. The molecule has 0 bridgehead atoms. The second-order valence-corrected chi connectivity index (χ2v) is 5.22. The molecule has 0 aromatic heterocycles. The van der Waals surface area contributed by atoms with Crippen LogP contribution in [0, 0.1) is 20.8 Å². The summed E-state index contributed by atoms with van der Waals surface area (Å²) in [5.41, 5.74) is 11.4. The maximum absolute atomic E-state index is 6.00. The molecule has 98 valence electrons. The summed E-state index contributed by atoms with van der Waals surface area (Å²) in [5.74, 6) is 0.696. The zero-order valence-corrected chi connectivity index (χ0v) is 11.8. The zero-order valence-electron chi connectivity index (χ0n) is 11.8. The summed E-state index contributed by atoms with van der Waals surface area (Å²) in [4.78, 5) is 6.66. The van der Waals surface area contributed by atoms with Crippen molar-refractivity contribution in [2.45, 2.75) is 40.2 Å². The average molecular weight is 245 g/mol. The molecule has 0 amide bonds. The van der Waals surface area contributed by atoms with Gasteiger partial charge in [0.15, 0.2) is 5.96 Å². The van der Waals surface area contributed by atoms with Gasteiger partial charge < -0.3 is 10.6 Å². The molecule has 1 aromatic carbocycles. The predicted molar refractivity (Wildman–Crippen MR) is 76.9 cm³/mol. The smallest absolute Gasteiger partial charge is 0.191 e. The van der Waals surface area contributed by atoms with Gasteiger partial charge in [0.2, 0.25) is 0 Å². The number of nitrogens with zero attached hydrogens (tertiary/aromatic N) is 2. The van der Waals surface area contributed by atoms with Crippen molar-refractivity contribution in [3.8, 4) is 0 Å². The third-order valence-electron chi connectivity index (χ3n) is 3.63. The molecule has 0 radical (unpaired) electrons. The van der Waals surface area contributed by atoms with Crippen LogP contribution in [0.3, 0.4) is 0 Å². The lowest BCUT2D eigenvalue weighted by atomic mass is 9.93. The van der Waals surface area contributed by atoms with Crippen LogP contribution >= 0.6 is 0 Å². The van der Waals surface area contributed by atoms with Crippen LogP contribution in [0.15, 0.2) is 17.1 Å². The highest BCUT2D eigenvalue weighted by molar-refractivity contribution is 5.80. The lowest BCUT2D eigenvalue weighted by Gasteiger charge is -2.28. The summed E-state index contributed by atoms with van der Waals surface area (Å²) in [5, 5.41) is 0. The Balaban J connectivity index is 2.38. The van der Waals surface area contributed by atoms with Gasteiger partial charge in [0, 0.05) is 6.54 Å². The molecular formula is C15H23N3. The van der Waals surface area contributed by atoms with Crippen molar-refractivity contribution in [2.75, 3.05) is 13.1 Å². The number of aliphatic imine (C=N–C) groups is 1. The molecule has 3 nitrogen and oxygen atoms in total. The molecule has 0 spiro atoms. The molecule has 18 heavy (non-hydrogen) atoms. The fourth-order valence-electron chi connectivity index (χ4n) is 3.00. The highest BCUT2D eigenvalue weighted by Gasteiger charge is 2.28. The van der Waals surface area contributed by atoms with Crippen LogP contribution < -0.4 is 5.73 Å². The van der Waals surface area contributed by atoms with Crippen molar-refractivity contribution in [1.29, 1.82) is 0 Å². The molecule has 2 N–H and O–H groups in total. The van der Waals surface area contributed by atoms with Crippen LogP contribution in [0.25, 0.3) is 0 Å². The van der Waals surface area contributed by atoms with Crippen molar-refractivity contribution in [3.63, 3.8) is 0 Å². The third kappa shape index (κ3) is 2.22. The molecule has 0 saturated carbocycles. The summed E-state index contributed by atoms with van der Waals surface area (Å²) >= 11 is 0. The highest BCUT2D eigenvalue weighted by atomic mass is 15.3. The summed E-state index contributed by atoms with van der Waals surface area (Å²) in [6.07, 6.45) is 1.09. The Kier molecular flexibility index (Phi) is 3.60. The predicted octanol–water partition coefficient (Wildman–Crippen LogP) is 2.69. The van der Waals surface area contributed by atoms with E-state index < -0.39 is 0 Å². The van der Waals surface area contributed by atoms with Crippen LogP contribution in [0.4, 0.5) is 0 Å². The number of nitrogens with two attached hydrogens (primary N) is 1. The minimum absolute atomic E-state index is 0.325. The Labute approximate surface area is 110 Å². The monoisotopic (exact) mass is 245 g/mol. The lowest BCUT2D eigenvalue weighted by molar-refractivity contribution is 0.345. The normalized spacial score (nSPS) is 19.2. The second-order valence-electron chi connectivity index (χ2n) is 5.22. The average Bonchev–Trinajstić information content (AvgIpc) is 2.61. The number of hydrogen-bond acceptors (Lipinski definition) is 3. The Hall–Kier alpha value is -1.51. The van der Waals surface area contributed by atoms with E-state index in [1.807, 2.05) is 0 Å². The van der Waals surface area contributed by atoms with Crippen molar-refractivity contribution in [2.24, 2.45) is 10.7 Å². The van der Waals surface area contributed by atoms with E-state index in [1.54, 1.807) is 0 Å². The van der Waals surface area contributed by atoms with Gasteiger partial charge in [-0.15, -0.1) is 0 Å². The Morgan fingerprint density at radius 2 is 1.89 bits per heavy atom. The van der Waals surface area contributed by atoms with Gasteiger partial charge in [0.25, 0.3) is 0 Å². The quantitative estimate of drug-likeness (QED) is 0.889. The molecule has 1 aliphatic heterocycles. The van der Waals surface area contributed by atoms with E-state index >= 15 is 0 Å². The Morgan fingerprint density at radius 1 is 1.28 bits per heavy atom. The zero-order chi connectivity index (χ0) is 13.3. The molecule has 0 saturated heterocycles. The molecule has 0 fully saturated rings. The van der Waals surface area contributed by atoms with Crippen molar-refractivity contribution < 1.29 is 0 Å². The molecule has 1 heterocycles. The largest absolute Gasteiger partial charge is 0.370 e. The number of aryl methyl sites for hydroxylation is 3. The van der Waals surface area contributed by atoms with Gasteiger partial charge in [-0.1, -0.05) is 24.6 Å². The van der Waals surface area contributed by atoms with Crippen LogP contribution in [0.5, 0.6) is 0 Å². The van der Waals surface area contributed by atoms with Gasteiger partial charge in [0.05, 0.1) is 12.6 Å². The van der Waals surface area contributed by atoms with E-state index in [0.29, 0.717) is 12.0 Å². The molecule has 3 heteroatoms. The van der Waals surface area contributed by atoms with E-state index in [0.717, 1.165) is 19.5 Å². The van der Waals surface area contributed by atoms with Crippen LogP contribution in [-0.4, -0.2) is 23.9 Å². The van der Waals surface area contributed by atoms with Gasteiger partial charge in [-0.2, -0.15) is 0 Å². The number of hydrogen-bond donors (Lipinski definition) is 1. The van der Waals surface area contributed by atoms with Gasteiger partial charge in [-0.3, -0.25) is 4.99 Å². The van der Waals surface area contributed by atoms with E-state index in [9.17, 15) is 0 Å². The van der Waals surface area contributed by atoms with Gasteiger partial charge in [0.1, 0.15) is 0 Å². The SMILES string of the molecule is CCCN1C(N)=NCC1c1c(C)cc(C)cc1C. The fraction of sp³-hybridized carbons (Fsp3) is 0.533. The first-order chi connectivity index (χ1) is 8.54. The summed E-state index contributed by atoms with van der Waals surface area (Å²) < 4.78 is 0. The van der Waals surface area contributed by atoms with Gasteiger partial charge >= 0.3 is 0 Å². The number of guanidine groups is 1. The number of benzene rings is 1. The van der Waals surface area contributed by atoms with Gasteiger partial charge in [-0.05, 0) is 43.9 Å². The summed E-state index contributed by atoms with van der Waals surface area (Å²) in [6.45, 7) is 10.5. The molecule has 2 rings (SSSR count). The first kappa shape index (κ1) is 12.9. The lowest BCUT2D eigenvalue weighted by Crippen LogP contribution is -2.37. The highest BCUT2D eigenvalue weighted by Crippen LogP contribution is 2.31. The van der Waals surface area contributed by atoms with Crippen LogP contribution in [0.1, 0.15) is 41.6 Å². The van der Waals surface area contributed by atoms with E-state index in [4.69, 9.17) is 5.73 Å². The topological polar surface area (TPSA) is 41.6 Å². The standard InChI is InChI=1S/C15H23N3/c1-5-6-18-13(9-17-15(18)16)14-11(3)7-10(2)8-12(14)4/h7-8,13H,5-6,9H2,1-4H3,(H2,16,17). The molecule has 1 aliphatic rings. The molecule has 1 unspecified atom stereocenters. The van der Waals surface area contributed by atoms with E-state index in [1.165, 1.54) is 22.3 Å². The molecule has 1 atom stereocenters. The summed E-state index contributed by atoms with van der Waals surface area (Å²) in [7, 11) is 0. The molecule has 0 aliphatic carbocycles. The first-order valence-electron chi connectivity index (χ1n) is 6.69. The van der Waals surface area contributed by atoms with Crippen LogP contribution in [-0.2, 0) is 0 Å². The van der Waals surface area contributed by atoms with Crippen molar-refractivity contribution >= 4 is 5.96 Å². The Morgan fingerprint density at radius 3 is 2.44 bits per heavy atom. The first-order valence-corrected chi connectivity index (χ1v) is 6.69. The van der Waals surface area contributed by atoms with E-state index in [-0.39, 0.29) is 0 Å². The Bertz CT molecular complexity index is 454. The molecular weight excluding hydrogens is 222 g/mol. The van der Waals surface area contributed by atoms with E-state index in [2.05, 4.69) is 49.7 Å². The van der Waals surface area contributed by atoms with Crippen LogP contribution in [0.2, 0.25) is 0 Å². The summed E-state index contributed by atoms with van der Waals surface area (Å²) in [6, 6.07) is 4.83. The maximum atomic E-state index is 6.00. The van der Waals surface area contributed by atoms with Gasteiger partial charge in [-0.25, -0.2) is 0 Å². The minimum atomic E-state index is 0.325. The number of rotatable bonds is 3. The maximum Gasteiger partial charge on any atom is 0.191 e. The van der Waals surface area contributed by atoms with Crippen molar-refractivity contribution in [3.05, 3.63) is 34.4 Å². The second kappa shape index (κ2) is 5.01.